The fourth-order valence-corrected chi connectivity index (χ4v) is 3.17. The van der Waals surface area contributed by atoms with Gasteiger partial charge in [0.2, 0.25) is 0 Å². The van der Waals surface area contributed by atoms with Gasteiger partial charge in [0.05, 0.1) is 12.0 Å². The Kier molecular flexibility index (Phi) is 7.45. The van der Waals surface area contributed by atoms with Gasteiger partial charge in [0.15, 0.2) is 0 Å². The third-order valence-corrected chi connectivity index (χ3v) is 6.33. The van der Waals surface area contributed by atoms with Crippen molar-refractivity contribution in [1.29, 1.82) is 0 Å². The summed E-state index contributed by atoms with van der Waals surface area (Å²) in [6, 6.07) is 6.78. The average Bonchev–Trinajstić information content (AvgIpc) is 2.58. The van der Waals surface area contributed by atoms with Gasteiger partial charge >= 0.3 is 0 Å². The lowest BCUT2D eigenvalue weighted by molar-refractivity contribution is 0.317. The van der Waals surface area contributed by atoms with E-state index in [1.807, 2.05) is 0 Å². The molecule has 0 aliphatic rings. The van der Waals surface area contributed by atoms with Crippen LogP contribution in [0, 0.1) is 0 Å². The lowest BCUT2D eigenvalue weighted by Crippen LogP contribution is -2.22. The summed E-state index contributed by atoms with van der Waals surface area (Å²) in [5, 5.41) is 0.847. The average molecular weight is 367 g/mol. The van der Waals surface area contributed by atoms with E-state index in [0.717, 1.165) is 24.7 Å². The number of hydrogen-bond donors (Lipinski definition) is 0. The quantitative estimate of drug-likeness (QED) is 0.406. The summed E-state index contributed by atoms with van der Waals surface area (Å²) in [4.78, 5) is 0. The Labute approximate surface area is 154 Å². The van der Waals surface area contributed by atoms with E-state index < -0.39 is 10.1 Å². The first-order valence-electron chi connectivity index (χ1n) is 9.15. The lowest BCUT2D eigenvalue weighted by atomic mass is 9.74. The van der Waals surface area contributed by atoms with E-state index in [1.54, 1.807) is 0 Å². The number of aryl methyl sites for hydroxylation is 1. The zero-order chi connectivity index (χ0) is 19.3. The van der Waals surface area contributed by atoms with Crippen molar-refractivity contribution < 1.29 is 12.6 Å². The van der Waals surface area contributed by atoms with Gasteiger partial charge in [-0.3, -0.25) is 4.18 Å². The van der Waals surface area contributed by atoms with Crippen molar-refractivity contribution in [2.75, 3.05) is 6.61 Å². The van der Waals surface area contributed by atoms with Gasteiger partial charge in [-0.2, -0.15) is 8.42 Å². The van der Waals surface area contributed by atoms with Gasteiger partial charge in [-0.1, -0.05) is 66.3 Å². The van der Waals surface area contributed by atoms with Crippen LogP contribution >= 0.6 is 0 Å². The highest BCUT2D eigenvalue weighted by molar-refractivity contribution is 7.89. The Hall–Kier alpha value is -1.13. The van der Waals surface area contributed by atoms with Gasteiger partial charge in [-0.25, -0.2) is 0 Å². The molecule has 0 amide bonds. The van der Waals surface area contributed by atoms with Crippen molar-refractivity contribution in [2.24, 2.45) is 0 Å². The molecule has 0 heterocycles. The molecule has 0 N–H and O–H groups in total. The summed E-state index contributed by atoms with van der Waals surface area (Å²) in [6.07, 6.45) is 3.61. The molecular formula is C21H34O3S. The predicted molar refractivity (Wildman–Crippen MR) is 106 cm³/mol. The molecule has 0 aromatic heterocycles. The molecule has 0 saturated carbocycles. The minimum atomic E-state index is -3.58. The highest BCUT2D eigenvalue weighted by Gasteiger charge is 2.25. The summed E-state index contributed by atoms with van der Waals surface area (Å²) in [5.41, 5.74) is 4.24. The Morgan fingerprint density at radius 3 is 2.20 bits per heavy atom. The van der Waals surface area contributed by atoms with Gasteiger partial charge < -0.3 is 0 Å². The standard InChI is InChI=1S/C21H34O3S/c1-8-20(4,5)18-14-13-17(19(16-18)21(6,7)9-2)12-11-15-24-25(22,23)10-3/h10,13-14,16H,3,8-9,11-12,15H2,1-2,4-7H3. The predicted octanol–water partition coefficient (Wildman–Crippen LogP) is 5.48. The molecule has 142 valence electrons. The van der Waals surface area contributed by atoms with E-state index >= 15 is 0 Å². The van der Waals surface area contributed by atoms with E-state index in [9.17, 15) is 8.42 Å². The van der Waals surface area contributed by atoms with E-state index in [2.05, 4.69) is 66.3 Å². The molecule has 0 aliphatic heterocycles. The summed E-state index contributed by atoms with van der Waals surface area (Å²) in [6.45, 7) is 17.0. The zero-order valence-corrected chi connectivity index (χ0v) is 17.5. The molecule has 4 heteroatoms. The van der Waals surface area contributed by atoms with Gasteiger partial charge in [0.1, 0.15) is 0 Å². The molecule has 0 unspecified atom stereocenters. The molecular weight excluding hydrogens is 332 g/mol. The van der Waals surface area contributed by atoms with Crippen LogP contribution in [0.25, 0.3) is 0 Å². The molecule has 3 nitrogen and oxygen atoms in total. The SMILES string of the molecule is C=CS(=O)(=O)OCCCc1ccc(C(C)(C)CC)cc1C(C)(C)CC. The summed E-state index contributed by atoms with van der Waals surface area (Å²) < 4.78 is 27.6. The van der Waals surface area contributed by atoms with Crippen LogP contribution in [-0.2, 0) is 31.6 Å². The molecule has 0 saturated heterocycles. The van der Waals surface area contributed by atoms with Gasteiger partial charge in [-0.05, 0) is 53.2 Å². The van der Waals surface area contributed by atoms with Gasteiger partial charge in [0, 0.05) is 0 Å². The Balaban J connectivity index is 3.04. The first-order chi connectivity index (χ1) is 11.5. The fourth-order valence-electron chi connectivity index (χ4n) is 2.73. The Bertz CT molecular complexity index is 685. The first kappa shape index (κ1) is 21.9. The molecule has 1 rings (SSSR count). The minimum absolute atomic E-state index is 0.0865. The zero-order valence-electron chi connectivity index (χ0n) is 16.7. The second kappa shape index (κ2) is 8.50. The van der Waals surface area contributed by atoms with Crippen molar-refractivity contribution in [2.45, 2.75) is 78.1 Å². The van der Waals surface area contributed by atoms with Crippen LogP contribution in [0.5, 0.6) is 0 Å². The van der Waals surface area contributed by atoms with Crippen molar-refractivity contribution >= 4 is 10.1 Å². The van der Waals surface area contributed by atoms with Gasteiger partial charge in [-0.15, -0.1) is 0 Å². The highest BCUT2D eigenvalue weighted by Crippen LogP contribution is 2.35. The fraction of sp³-hybridized carbons (Fsp3) is 0.619. The van der Waals surface area contributed by atoms with Crippen molar-refractivity contribution in [3.05, 3.63) is 46.9 Å². The topological polar surface area (TPSA) is 43.4 Å². The van der Waals surface area contributed by atoms with Gasteiger partial charge in [0.25, 0.3) is 10.1 Å². The van der Waals surface area contributed by atoms with Crippen LogP contribution in [0.1, 0.15) is 77.5 Å². The van der Waals surface area contributed by atoms with Crippen LogP contribution in [-0.4, -0.2) is 15.0 Å². The molecule has 1 aromatic rings. The van der Waals surface area contributed by atoms with E-state index in [-0.39, 0.29) is 17.4 Å². The van der Waals surface area contributed by atoms with Crippen molar-refractivity contribution in [3.63, 3.8) is 0 Å². The third-order valence-electron chi connectivity index (χ3n) is 5.43. The van der Waals surface area contributed by atoms with Crippen LogP contribution in [0.4, 0.5) is 0 Å². The van der Waals surface area contributed by atoms with Crippen LogP contribution in [0.2, 0.25) is 0 Å². The molecule has 0 bridgehead atoms. The van der Waals surface area contributed by atoms with E-state index in [1.165, 1.54) is 16.7 Å². The summed E-state index contributed by atoms with van der Waals surface area (Å²) in [5.74, 6) is 0. The largest absolute Gasteiger partial charge is 0.289 e. The second-order valence-electron chi connectivity index (χ2n) is 7.93. The highest BCUT2D eigenvalue weighted by atomic mass is 32.2. The number of benzene rings is 1. The maximum absolute atomic E-state index is 11.3. The third kappa shape index (κ3) is 5.96. The van der Waals surface area contributed by atoms with E-state index in [0.29, 0.717) is 6.42 Å². The second-order valence-corrected chi connectivity index (χ2v) is 9.49. The molecule has 0 aliphatic carbocycles. The van der Waals surface area contributed by atoms with Crippen LogP contribution in [0.3, 0.4) is 0 Å². The number of rotatable bonds is 10. The maximum atomic E-state index is 11.3. The maximum Gasteiger partial charge on any atom is 0.289 e. The lowest BCUT2D eigenvalue weighted by Gasteiger charge is -2.31. The molecule has 25 heavy (non-hydrogen) atoms. The van der Waals surface area contributed by atoms with Crippen molar-refractivity contribution in [1.82, 2.24) is 0 Å². The summed E-state index contributed by atoms with van der Waals surface area (Å²) in [7, 11) is -3.58. The number of hydrogen-bond acceptors (Lipinski definition) is 3. The monoisotopic (exact) mass is 366 g/mol. The molecule has 1 aromatic carbocycles. The first-order valence-corrected chi connectivity index (χ1v) is 10.6. The van der Waals surface area contributed by atoms with Crippen molar-refractivity contribution in [3.8, 4) is 0 Å². The Morgan fingerprint density at radius 2 is 1.68 bits per heavy atom. The van der Waals surface area contributed by atoms with E-state index in [4.69, 9.17) is 4.18 Å². The molecule has 0 fully saturated rings. The smallest absolute Gasteiger partial charge is 0.267 e. The molecule has 0 spiro atoms. The normalized spacial score (nSPS) is 13.0. The van der Waals surface area contributed by atoms with Crippen LogP contribution < -0.4 is 0 Å². The molecule has 0 atom stereocenters. The minimum Gasteiger partial charge on any atom is -0.267 e. The Morgan fingerprint density at radius 1 is 1.08 bits per heavy atom. The summed E-state index contributed by atoms with van der Waals surface area (Å²) >= 11 is 0. The molecule has 0 radical (unpaired) electrons. The van der Waals surface area contributed by atoms with Crippen LogP contribution in [0.15, 0.2) is 30.2 Å².